The van der Waals surface area contributed by atoms with Gasteiger partial charge in [0.1, 0.15) is 5.75 Å². The smallest absolute Gasteiger partial charge is 0.116 e. The van der Waals surface area contributed by atoms with E-state index in [0.717, 1.165) is 42.7 Å². The largest absolute Gasteiger partial charge is 0.508 e. The van der Waals surface area contributed by atoms with Crippen molar-refractivity contribution in [1.82, 2.24) is 5.32 Å². The number of hydrogen-bond donors (Lipinski definition) is 2. The molecular formula is C22H31NO. The van der Waals surface area contributed by atoms with Crippen molar-refractivity contribution >= 4 is 5.57 Å². The molecule has 1 aromatic carbocycles. The van der Waals surface area contributed by atoms with Gasteiger partial charge in [-0.05, 0) is 111 Å². The summed E-state index contributed by atoms with van der Waals surface area (Å²) < 4.78 is 0. The van der Waals surface area contributed by atoms with E-state index < -0.39 is 0 Å². The average molecular weight is 325 g/mol. The third kappa shape index (κ3) is 3.01. The monoisotopic (exact) mass is 325 g/mol. The van der Waals surface area contributed by atoms with Crippen LogP contribution in [0.4, 0.5) is 0 Å². The van der Waals surface area contributed by atoms with Crippen LogP contribution in [0, 0.1) is 30.6 Å². The second-order valence-corrected chi connectivity index (χ2v) is 8.47. The van der Waals surface area contributed by atoms with E-state index in [1.54, 1.807) is 6.07 Å². The third-order valence-corrected chi connectivity index (χ3v) is 6.92. The second kappa shape index (κ2) is 6.55. The highest BCUT2D eigenvalue weighted by Gasteiger charge is 2.47. The Morgan fingerprint density at radius 1 is 1.12 bits per heavy atom. The minimum Gasteiger partial charge on any atom is -0.508 e. The van der Waals surface area contributed by atoms with Crippen LogP contribution in [0.2, 0.25) is 0 Å². The number of nitrogens with one attached hydrogen (secondary N) is 1. The lowest BCUT2D eigenvalue weighted by Crippen LogP contribution is -2.54. The molecule has 1 aromatic rings. The van der Waals surface area contributed by atoms with Crippen molar-refractivity contribution in [3.8, 4) is 5.75 Å². The van der Waals surface area contributed by atoms with Gasteiger partial charge in [-0.15, -0.1) is 0 Å². The zero-order chi connectivity index (χ0) is 16.7. The Bertz CT molecular complexity index is 605. The maximum absolute atomic E-state index is 9.81. The van der Waals surface area contributed by atoms with Crippen molar-refractivity contribution in [3.63, 3.8) is 0 Å². The fraction of sp³-hybridized carbons (Fsp3) is 0.636. The lowest BCUT2D eigenvalue weighted by Gasteiger charge is -2.54. The molecule has 2 nitrogen and oxygen atoms in total. The normalized spacial score (nSPS) is 34.8. The topological polar surface area (TPSA) is 32.3 Å². The Morgan fingerprint density at radius 2 is 1.79 bits per heavy atom. The number of hydrogen-bond acceptors (Lipinski definition) is 2. The quantitative estimate of drug-likeness (QED) is 0.806. The Morgan fingerprint density at radius 3 is 2.42 bits per heavy atom. The lowest BCUT2D eigenvalue weighted by molar-refractivity contribution is -0.0132. The molecule has 2 N–H and O–H groups in total. The van der Waals surface area contributed by atoms with Crippen molar-refractivity contribution in [2.75, 3.05) is 6.54 Å². The van der Waals surface area contributed by atoms with Crippen LogP contribution in [-0.2, 0) is 0 Å². The fourth-order valence-electron chi connectivity index (χ4n) is 6.02. The van der Waals surface area contributed by atoms with Crippen LogP contribution in [-0.4, -0.2) is 17.7 Å². The van der Waals surface area contributed by atoms with Gasteiger partial charge in [-0.25, -0.2) is 0 Å². The van der Waals surface area contributed by atoms with Crippen molar-refractivity contribution < 1.29 is 5.11 Å². The number of aromatic hydroxyl groups is 1. The van der Waals surface area contributed by atoms with E-state index >= 15 is 0 Å². The molecule has 0 amide bonds. The number of benzene rings is 1. The Kier molecular flexibility index (Phi) is 4.42. The average Bonchev–Trinajstić information content (AvgIpc) is 2.56. The van der Waals surface area contributed by atoms with E-state index in [1.807, 2.05) is 12.1 Å². The molecule has 2 heteroatoms. The predicted octanol–water partition coefficient (Wildman–Crippen LogP) is 4.91. The standard InChI is InChI=1S/C22H31NO/c1-3-17(21-13-20(24)5-4-14(21)2)6-7-23-22-18-9-15-8-16(11-18)12-19(22)10-15/h3-5,13,15-16,18-19,22-24H,6-12H2,1-2H3/b17-3-. The molecule has 4 bridgehead atoms. The van der Waals surface area contributed by atoms with E-state index in [9.17, 15) is 5.11 Å². The molecule has 0 spiro atoms. The molecule has 0 heterocycles. The maximum Gasteiger partial charge on any atom is 0.116 e. The summed E-state index contributed by atoms with van der Waals surface area (Å²) >= 11 is 0. The first kappa shape index (κ1) is 16.2. The van der Waals surface area contributed by atoms with Gasteiger partial charge in [0.25, 0.3) is 0 Å². The number of allylic oxidation sites excluding steroid dienone is 1. The van der Waals surface area contributed by atoms with Crippen molar-refractivity contribution in [2.45, 2.75) is 58.4 Å². The molecule has 4 aliphatic rings. The highest BCUT2D eigenvalue weighted by molar-refractivity contribution is 5.69. The van der Waals surface area contributed by atoms with Crippen LogP contribution >= 0.6 is 0 Å². The summed E-state index contributed by atoms with van der Waals surface area (Å²) in [5.41, 5.74) is 3.79. The van der Waals surface area contributed by atoms with Gasteiger partial charge in [0, 0.05) is 6.04 Å². The van der Waals surface area contributed by atoms with Crippen LogP contribution in [0.1, 0.15) is 56.6 Å². The van der Waals surface area contributed by atoms with Gasteiger partial charge in [-0.1, -0.05) is 12.1 Å². The molecule has 0 aromatic heterocycles. The van der Waals surface area contributed by atoms with E-state index in [2.05, 4.69) is 25.2 Å². The summed E-state index contributed by atoms with van der Waals surface area (Å²) in [5.74, 6) is 4.35. The summed E-state index contributed by atoms with van der Waals surface area (Å²) in [6.45, 7) is 5.30. The molecule has 130 valence electrons. The van der Waals surface area contributed by atoms with Crippen molar-refractivity contribution in [1.29, 1.82) is 0 Å². The highest BCUT2D eigenvalue weighted by atomic mass is 16.3. The van der Waals surface area contributed by atoms with Gasteiger partial charge in [-0.3, -0.25) is 0 Å². The molecule has 0 radical (unpaired) electrons. The Balaban J connectivity index is 1.37. The highest BCUT2D eigenvalue weighted by Crippen LogP contribution is 2.53. The predicted molar refractivity (Wildman–Crippen MR) is 99.9 cm³/mol. The molecule has 0 aliphatic heterocycles. The molecule has 0 unspecified atom stereocenters. The van der Waals surface area contributed by atoms with Crippen LogP contribution < -0.4 is 5.32 Å². The van der Waals surface area contributed by atoms with E-state index in [1.165, 1.54) is 48.8 Å². The zero-order valence-electron chi connectivity index (χ0n) is 15.1. The van der Waals surface area contributed by atoms with Crippen LogP contribution in [0.3, 0.4) is 0 Å². The summed E-state index contributed by atoms with van der Waals surface area (Å²) in [7, 11) is 0. The van der Waals surface area contributed by atoms with E-state index in [0.29, 0.717) is 5.75 Å². The first-order valence-electron chi connectivity index (χ1n) is 9.82. The first-order chi connectivity index (χ1) is 11.6. The summed E-state index contributed by atoms with van der Waals surface area (Å²) in [4.78, 5) is 0. The zero-order valence-corrected chi connectivity index (χ0v) is 15.1. The van der Waals surface area contributed by atoms with Gasteiger partial charge < -0.3 is 10.4 Å². The molecule has 4 aliphatic carbocycles. The van der Waals surface area contributed by atoms with Gasteiger partial charge >= 0.3 is 0 Å². The number of phenolic OH excluding ortho intramolecular Hbond substituents is 1. The molecule has 24 heavy (non-hydrogen) atoms. The molecule has 4 fully saturated rings. The van der Waals surface area contributed by atoms with Crippen LogP contribution in [0.25, 0.3) is 5.57 Å². The van der Waals surface area contributed by atoms with E-state index in [4.69, 9.17) is 0 Å². The van der Waals surface area contributed by atoms with Crippen molar-refractivity contribution in [3.05, 3.63) is 35.4 Å². The SMILES string of the molecule is C/C=C(/CCNC1C2CC3CC(C2)CC1C3)c1cc(O)ccc1C. The van der Waals surface area contributed by atoms with Crippen LogP contribution in [0.5, 0.6) is 5.75 Å². The molecule has 5 rings (SSSR count). The van der Waals surface area contributed by atoms with Gasteiger partial charge in [0.05, 0.1) is 0 Å². The Hall–Kier alpha value is -1.28. The Labute approximate surface area is 146 Å². The molecular weight excluding hydrogens is 294 g/mol. The van der Waals surface area contributed by atoms with Gasteiger partial charge in [0.15, 0.2) is 0 Å². The second-order valence-electron chi connectivity index (χ2n) is 8.47. The molecule has 0 saturated heterocycles. The van der Waals surface area contributed by atoms with E-state index in [-0.39, 0.29) is 0 Å². The minimum absolute atomic E-state index is 0.365. The third-order valence-electron chi connectivity index (χ3n) is 6.92. The molecule has 0 atom stereocenters. The maximum atomic E-state index is 9.81. The summed E-state index contributed by atoms with van der Waals surface area (Å²) in [5, 5.41) is 13.7. The first-order valence-corrected chi connectivity index (χ1v) is 9.82. The molecule has 4 saturated carbocycles. The van der Waals surface area contributed by atoms with Crippen molar-refractivity contribution in [2.24, 2.45) is 23.7 Å². The summed E-state index contributed by atoms with van der Waals surface area (Å²) in [6.07, 6.45) is 10.7. The van der Waals surface area contributed by atoms with Gasteiger partial charge in [-0.2, -0.15) is 0 Å². The number of rotatable bonds is 5. The number of aryl methyl sites for hydroxylation is 1. The minimum atomic E-state index is 0.365. The number of phenols is 1. The van der Waals surface area contributed by atoms with Crippen LogP contribution in [0.15, 0.2) is 24.3 Å². The lowest BCUT2D eigenvalue weighted by atomic mass is 9.54. The van der Waals surface area contributed by atoms with Gasteiger partial charge in [0.2, 0.25) is 0 Å². The summed E-state index contributed by atoms with van der Waals surface area (Å²) in [6, 6.07) is 6.47. The fourth-order valence-corrected chi connectivity index (χ4v) is 6.02.